The van der Waals surface area contributed by atoms with Crippen LogP contribution in [-0.4, -0.2) is 39.1 Å². The van der Waals surface area contributed by atoms with Gasteiger partial charge >= 0.3 is 0 Å². The Morgan fingerprint density at radius 2 is 1.65 bits per heavy atom. The zero-order chi connectivity index (χ0) is 18.3. The van der Waals surface area contributed by atoms with E-state index in [1.165, 1.54) is 11.8 Å². The summed E-state index contributed by atoms with van der Waals surface area (Å²) in [7, 11) is -1.16. The minimum absolute atomic E-state index is 0. The van der Waals surface area contributed by atoms with Crippen molar-refractivity contribution in [2.75, 3.05) is 19.8 Å². The summed E-state index contributed by atoms with van der Waals surface area (Å²) >= 11 is 0. The van der Waals surface area contributed by atoms with Crippen LogP contribution in [-0.2, 0) is 22.9 Å². The summed E-state index contributed by atoms with van der Waals surface area (Å²) in [4.78, 5) is 7.05. The second-order valence-electron chi connectivity index (χ2n) is 5.93. The molecule has 2 rings (SSSR count). The number of aliphatic imine (C=N–C) groups is 1. The van der Waals surface area contributed by atoms with Crippen LogP contribution in [0, 0.1) is 0 Å². The van der Waals surface area contributed by atoms with Crippen molar-refractivity contribution >= 4 is 39.8 Å². The lowest BCUT2D eigenvalue weighted by molar-refractivity contribution is 0.477. The monoisotopic (exact) mass is 487 g/mol. The minimum Gasteiger partial charge on any atom is -0.357 e. The smallest absolute Gasteiger partial charge is 0.194 e. The van der Waals surface area contributed by atoms with Crippen molar-refractivity contribution in [2.24, 2.45) is 4.99 Å². The van der Waals surface area contributed by atoms with E-state index in [2.05, 4.69) is 27.3 Å². The van der Waals surface area contributed by atoms with E-state index in [0.29, 0.717) is 11.4 Å². The maximum atomic E-state index is 11.5. The van der Waals surface area contributed by atoms with Crippen molar-refractivity contribution in [3.63, 3.8) is 0 Å². The van der Waals surface area contributed by atoms with Crippen molar-refractivity contribution in [3.8, 4) is 0 Å². The van der Waals surface area contributed by atoms with E-state index in [0.717, 1.165) is 24.6 Å². The van der Waals surface area contributed by atoms with Crippen LogP contribution in [0.15, 0.2) is 64.5 Å². The molecule has 0 aliphatic carbocycles. The van der Waals surface area contributed by atoms with Gasteiger partial charge in [0, 0.05) is 26.4 Å². The highest BCUT2D eigenvalue weighted by Gasteiger charge is 2.08. The molecule has 0 aromatic heterocycles. The number of hydrogen-bond donors (Lipinski definition) is 1. The Labute approximate surface area is 173 Å². The van der Waals surface area contributed by atoms with Crippen molar-refractivity contribution in [1.29, 1.82) is 0 Å². The summed E-state index contributed by atoms with van der Waals surface area (Å²) in [5, 5.41) is 3.29. The van der Waals surface area contributed by atoms with E-state index < -0.39 is 9.84 Å². The molecule has 0 unspecified atom stereocenters. The fourth-order valence-corrected chi connectivity index (χ4v) is 3.04. The topological polar surface area (TPSA) is 61.8 Å². The van der Waals surface area contributed by atoms with Gasteiger partial charge in [0.05, 0.1) is 11.4 Å². The van der Waals surface area contributed by atoms with Gasteiger partial charge in [0.1, 0.15) is 0 Å². The zero-order valence-corrected chi connectivity index (χ0v) is 18.5. The van der Waals surface area contributed by atoms with E-state index in [4.69, 9.17) is 0 Å². The molecular formula is C19H26IN3O2S. The Bertz CT molecular complexity index is 806. The molecule has 0 saturated heterocycles. The van der Waals surface area contributed by atoms with Crippen LogP contribution in [0.1, 0.15) is 18.1 Å². The van der Waals surface area contributed by atoms with Gasteiger partial charge in [0.25, 0.3) is 0 Å². The number of sulfone groups is 1. The molecule has 0 amide bonds. The predicted molar refractivity (Wildman–Crippen MR) is 118 cm³/mol. The molecule has 0 heterocycles. The molecule has 26 heavy (non-hydrogen) atoms. The number of nitrogens with one attached hydrogen (secondary N) is 1. The lowest BCUT2D eigenvalue weighted by atomic mass is 10.2. The summed E-state index contributed by atoms with van der Waals surface area (Å²) in [6.45, 7) is 4.07. The Hall–Kier alpha value is -1.61. The highest BCUT2D eigenvalue weighted by Crippen LogP contribution is 2.11. The summed E-state index contributed by atoms with van der Waals surface area (Å²) in [5.74, 6) is 0.818. The number of hydrogen-bond acceptors (Lipinski definition) is 3. The number of benzene rings is 2. The predicted octanol–water partition coefficient (Wildman–Crippen LogP) is 3.31. The summed E-state index contributed by atoms with van der Waals surface area (Å²) in [6.07, 6.45) is 1.21. The summed E-state index contributed by atoms with van der Waals surface area (Å²) in [5.41, 5.74) is 2.18. The molecule has 0 saturated carbocycles. The number of guanidine groups is 1. The molecule has 5 nitrogen and oxygen atoms in total. The van der Waals surface area contributed by atoms with Crippen molar-refractivity contribution in [3.05, 3.63) is 65.7 Å². The second-order valence-corrected chi connectivity index (χ2v) is 7.94. The van der Waals surface area contributed by atoms with Crippen molar-refractivity contribution in [2.45, 2.75) is 24.9 Å². The van der Waals surface area contributed by atoms with Gasteiger partial charge in [-0.05, 0) is 30.2 Å². The lowest BCUT2D eigenvalue weighted by Crippen LogP contribution is -2.38. The van der Waals surface area contributed by atoms with Gasteiger partial charge in [-0.2, -0.15) is 0 Å². The molecule has 0 radical (unpaired) electrons. The Kier molecular flexibility index (Phi) is 9.07. The molecule has 2 aromatic carbocycles. The van der Waals surface area contributed by atoms with Gasteiger partial charge in [-0.25, -0.2) is 13.4 Å². The largest absolute Gasteiger partial charge is 0.357 e. The number of halogens is 1. The molecular weight excluding hydrogens is 461 g/mol. The first-order chi connectivity index (χ1) is 11.9. The van der Waals surface area contributed by atoms with Gasteiger partial charge in [0.2, 0.25) is 0 Å². The normalized spacial score (nSPS) is 11.6. The molecule has 0 aliphatic rings. The van der Waals surface area contributed by atoms with Crippen LogP contribution in [0.4, 0.5) is 0 Å². The lowest BCUT2D eigenvalue weighted by Gasteiger charge is -2.22. The molecule has 7 heteroatoms. The van der Waals surface area contributed by atoms with Gasteiger partial charge < -0.3 is 10.2 Å². The number of rotatable bonds is 6. The average Bonchev–Trinajstić information content (AvgIpc) is 2.59. The highest BCUT2D eigenvalue weighted by molar-refractivity contribution is 14.0. The SMILES string of the molecule is CCNC(=NCc1ccc(S(C)(=O)=O)cc1)N(C)Cc1ccccc1.I. The van der Waals surface area contributed by atoms with E-state index in [1.807, 2.05) is 32.2 Å². The third-order valence-electron chi connectivity index (χ3n) is 3.72. The summed E-state index contributed by atoms with van der Waals surface area (Å²) in [6, 6.07) is 17.1. The Morgan fingerprint density at radius 1 is 1.04 bits per heavy atom. The third kappa shape index (κ3) is 6.95. The molecule has 0 spiro atoms. The third-order valence-corrected chi connectivity index (χ3v) is 4.85. The van der Waals surface area contributed by atoms with Gasteiger partial charge in [-0.1, -0.05) is 42.5 Å². The maximum Gasteiger partial charge on any atom is 0.194 e. The fourth-order valence-electron chi connectivity index (χ4n) is 2.41. The molecule has 2 aromatic rings. The Balaban J connectivity index is 0.00000338. The highest BCUT2D eigenvalue weighted by atomic mass is 127. The van der Waals surface area contributed by atoms with Crippen LogP contribution in [0.3, 0.4) is 0 Å². The first-order valence-corrected chi connectivity index (χ1v) is 10.1. The zero-order valence-electron chi connectivity index (χ0n) is 15.3. The molecule has 0 atom stereocenters. The van der Waals surface area contributed by atoms with E-state index in [-0.39, 0.29) is 24.0 Å². The molecule has 0 bridgehead atoms. The van der Waals surface area contributed by atoms with E-state index in [1.54, 1.807) is 24.3 Å². The standard InChI is InChI=1S/C19H25N3O2S.HI/c1-4-20-19(22(2)15-17-8-6-5-7-9-17)21-14-16-10-12-18(13-11-16)25(3,23)24;/h5-13H,4,14-15H2,1-3H3,(H,20,21);1H. The molecule has 0 fully saturated rings. The van der Waals surface area contributed by atoms with Gasteiger partial charge in [-0.15, -0.1) is 24.0 Å². The molecule has 0 aliphatic heterocycles. The van der Waals surface area contributed by atoms with Crippen LogP contribution >= 0.6 is 24.0 Å². The fraction of sp³-hybridized carbons (Fsp3) is 0.316. The van der Waals surface area contributed by atoms with Crippen LogP contribution in [0.5, 0.6) is 0 Å². The van der Waals surface area contributed by atoms with E-state index >= 15 is 0 Å². The quantitative estimate of drug-likeness (QED) is 0.386. The number of nitrogens with zero attached hydrogens (tertiary/aromatic N) is 2. The van der Waals surface area contributed by atoms with E-state index in [9.17, 15) is 8.42 Å². The summed E-state index contributed by atoms with van der Waals surface area (Å²) < 4.78 is 23.0. The second kappa shape index (κ2) is 10.5. The Morgan fingerprint density at radius 3 is 2.19 bits per heavy atom. The van der Waals surface area contributed by atoms with Gasteiger partial charge in [0.15, 0.2) is 15.8 Å². The van der Waals surface area contributed by atoms with Crippen molar-refractivity contribution in [1.82, 2.24) is 10.2 Å². The molecule has 1 N–H and O–H groups in total. The minimum atomic E-state index is -3.16. The van der Waals surface area contributed by atoms with Gasteiger partial charge in [-0.3, -0.25) is 0 Å². The van der Waals surface area contributed by atoms with Crippen LogP contribution < -0.4 is 5.32 Å². The van der Waals surface area contributed by atoms with Crippen molar-refractivity contribution < 1.29 is 8.42 Å². The van der Waals surface area contributed by atoms with Crippen LogP contribution in [0.25, 0.3) is 0 Å². The first kappa shape index (κ1) is 22.4. The first-order valence-electron chi connectivity index (χ1n) is 8.22. The average molecular weight is 487 g/mol. The van der Waals surface area contributed by atoms with Crippen LogP contribution in [0.2, 0.25) is 0 Å². The maximum absolute atomic E-state index is 11.5. The molecule has 142 valence electrons.